The van der Waals surface area contributed by atoms with Crippen molar-refractivity contribution in [2.24, 2.45) is 0 Å². The zero-order chi connectivity index (χ0) is 18.0. The standard InChI is InChI=1S/C17H12F3N3O2/c1-25-15(24)11-7-3-5-9-13(11)21-14-10-6-2-4-8-12(10)22-16(23-14)17(18,19)20/h2-9H,1H3,(H,21,22,23). The Hall–Kier alpha value is -3.16. The molecule has 0 atom stereocenters. The molecule has 0 aliphatic carbocycles. The summed E-state index contributed by atoms with van der Waals surface area (Å²) >= 11 is 0. The number of para-hydroxylation sites is 2. The minimum Gasteiger partial charge on any atom is -0.465 e. The van der Waals surface area contributed by atoms with E-state index in [0.717, 1.165) is 0 Å². The van der Waals surface area contributed by atoms with Gasteiger partial charge in [0.2, 0.25) is 5.82 Å². The molecular weight excluding hydrogens is 335 g/mol. The van der Waals surface area contributed by atoms with E-state index in [1.807, 2.05) is 0 Å². The van der Waals surface area contributed by atoms with E-state index in [1.165, 1.54) is 19.2 Å². The van der Waals surface area contributed by atoms with Crippen LogP contribution in [0.15, 0.2) is 48.5 Å². The predicted octanol–water partition coefficient (Wildman–Crippen LogP) is 4.18. The Kier molecular flexibility index (Phi) is 4.26. The van der Waals surface area contributed by atoms with Crippen molar-refractivity contribution in [3.05, 3.63) is 59.9 Å². The second kappa shape index (κ2) is 6.39. The molecule has 3 rings (SSSR count). The molecule has 0 unspecified atom stereocenters. The summed E-state index contributed by atoms with van der Waals surface area (Å²) in [5.74, 6) is -1.92. The van der Waals surface area contributed by atoms with E-state index in [2.05, 4.69) is 20.0 Å². The number of hydrogen-bond acceptors (Lipinski definition) is 5. The number of rotatable bonds is 3. The number of halogens is 3. The van der Waals surface area contributed by atoms with Crippen LogP contribution in [0.1, 0.15) is 16.2 Å². The number of carbonyl (C=O) groups excluding carboxylic acids is 1. The van der Waals surface area contributed by atoms with Crippen molar-refractivity contribution in [3.63, 3.8) is 0 Å². The van der Waals surface area contributed by atoms with Gasteiger partial charge in [-0.1, -0.05) is 24.3 Å². The van der Waals surface area contributed by atoms with Crippen LogP contribution < -0.4 is 5.32 Å². The molecule has 0 aliphatic rings. The van der Waals surface area contributed by atoms with Crippen molar-refractivity contribution < 1.29 is 22.7 Å². The average molecular weight is 347 g/mol. The van der Waals surface area contributed by atoms with Gasteiger partial charge in [-0.15, -0.1) is 0 Å². The molecule has 0 fully saturated rings. The van der Waals surface area contributed by atoms with Gasteiger partial charge in [-0.25, -0.2) is 14.8 Å². The monoisotopic (exact) mass is 347 g/mol. The number of carbonyl (C=O) groups is 1. The normalized spacial score (nSPS) is 11.4. The van der Waals surface area contributed by atoms with Crippen molar-refractivity contribution in [2.45, 2.75) is 6.18 Å². The fraction of sp³-hybridized carbons (Fsp3) is 0.118. The van der Waals surface area contributed by atoms with Crippen LogP contribution in [0.4, 0.5) is 24.7 Å². The SMILES string of the molecule is COC(=O)c1ccccc1Nc1nc(C(F)(F)F)nc2ccccc12. The first-order valence-corrected chi connectivity index (χ1v) is 7.18. The van der Waals surface area contributed by atoms with Gasteiger partial charge in [-0.3, -0.25) is 0 Å². The molecule has 3 aromatic rings. The number of methoxy groups -OCH3 is 1. The van der Waals surface area contributed by atoms with Crippen LogP contribution in [0, 0.1) is 0 Å². The molecule has 0 bridgehead atoms. The van der Waals surface area contributed by atoms with E-state index in [0.29, 0.717) is 5.39 Å². The third-order valence-electron chi connectivity index (χ3n) is 3.44. The molecule has 8 heteroatoms. The summed E-state index contributed by atoms with van der Waals surface area (Å²) in [6, 6.07) is 12.6. The van der Waals surface area contributed by atoms with Gasteiger partial charge in [-0.2, -0.15) is 13.2 Å². The van der Waals surface area contributed by atoms with Crippen LogP contribution in [-0.4, -0.2) is 23.0 Å². The Balaban J connectivity index is 2.15. The Morgan fingerprint density at radius 3 is 2.44 bits per heavy atom. The largest absolute Gasteiger partial charge is 0.465 e. The van der Waals surface area contributed by atoms with Crippen molar-refractivity contribution >= 4 is 28.4 Å². The highest BCUT2D eigenvalue weighted by molar-refractivity contribution is 5.98. The van der Waals surface area contributed by atoms with E-state index in [-0.39, 0.29) is 22.6 Å². The lowest BCUT2D eigenvalue weighted by Gasteiger charge is -2.14. The molecule has 1 aromatic heterocycles. The van der Waals surface area contributed by atoms with Crippen LogP contribution in [0.5, 0.6) is 0 Å². The highest BCUT2D eigenvalue weighted by atomic mass is 19.4. The molecule has 1 N–H and O–H groups in total. The van der Waals surface area contributed by atoms with E-state index < -0.39 is 18.0 Å². The molecule has 128 valence electrons. The third-order valence-corrected chi connectivity index (χ3v) is 3.44. The summed E-state index contributed by atoms with van der Waals surface area (Å²) in [7, 11) is 1.22. The molecule has 0 spiro atoms. The van der Waals surface area contributed by atoms with Crippen molar-refractivity contribution in [3.8, 4) is 0 Å². The quantitative estimate of drug-likeness (QED) is 0.720. The summed E-state index contributed by atoms with van der Waals surface area (Å²) in [6.45, 7) is 0. The maximum atomic E-state index is 13.1. The lowest BCUT2D eigenvalue weighted by Crippen LogP contribution is -2.13. The number of nitrogens with zero attached hydrogens (tertiary/aromatic N) is 2. The van der Waals surface area contributed by atoms with Gasteiger partial charge in [0.1, 0.15) is 5.82 Å². The smallest absolute Gasteiger partial charge is 0.451 e. The first kappa shape index (κ1) is 16.7. The second-order valence-electron chi connectivity index (χ2n) is 5.07. The number of esters is 1. The number of nitrogens with one attached hydrogen (secondary N) is 1. The first-order valence-electron chi connectivity index (χ1n) is 7.18. The summed E-state index contributed by atoms with van der Waals surface area (Å²) in [5.41, 5.74) is 0.607. The van der Waals surface area contributed by atoms with Crippen LogP contribution in [-0.2, 0) is 10.9 Å². The minimum absolute atomic E-state index is 0.0470. The molecule has 1 heterocycles. The second-order valence-corrected chi connectivity index (χ2v) is 5.07. The highest BCUT2D eigenvalue weighted by Gasteiger charge is 2.35. The molecule has 25 heavy (non-hydrogen) atoms. The third kappa shape index (κ3) is 3.37. The van der Waals surface area contributed by atoms with Crippen LogP contribution in [0.3, 0.4) is 0 Å². The number of ether oxygens (including phenoxy) is 1. The van der Waals surface area contributed by atoms with E-state index in [9.17, 15) is 18.0 Å². The zero-order valence-corrected chi connectivity index (χ0v) is 13.0. The van der Waals surface area contributed by atoms with Crippen LogP contribution >= 0.6 is 0 Å². The molecule has 0 saturated carbocycles. The van der Waals surface area contributed by atoms with Gasteiger partial charge in [0.25, 0.3) is 0 Å². The number of alkyl halides is 3. The van der Waals surface area contributed by atoms with E-state index >= 15 is 0 Å². The summed E-state index contributed by atoms with van der Waals surface area (Å²) in [4.78, 5) is 19.0. The maximum Gasteiger partial charge on any atom is 0.451 e. The number of benzene rings is 2. The Labute approximate surface area is 140 Å². The van der Waals surface area contributed by atoms with Crippen molar-refractivity contribution in [2.75, 3.05) is 12.4 Å². The molecule has 0 saturated heterocycles. The fourth-order valence-electron chi connectivity index (χ4n) is 2.31. The molecule has 2 aromatic carbocycles. The molecule has 0 amide bonds. The lowest BCUT2D eigenvalue weighted by molar-refractivity contribution is -0.144. The molecular formula is C17H12F3N3O2. The topological polar surface area (TPSA) is 64.1 Å². The molecule has 0 aliphatic heterocycles. The Bertz CT molecular complexity index is 942. The number of fused-ring (bicyclic) bond motifs is 1. The van der Waals surface area contributed by atoms with Gasteiger partial charge in [0.15, 0.2) is 0 Å². The molecule has 5 nitrogen and oxygen atoms in total. The van der Waals surface area contributed by atoms with Gasteiger partial charge in [0.05, 0.1) is 23.9 Å². The van der Waals surface area contributed by atoms with Gasteiger partial charge in [0, 0.05) is 5.39 Å². The molecule has 0 radical (unpaired) electrons. The fourth-order valence-corrected chi connectivity index (χ4v) is 2.31. The van der Waals surface area contributed by atoms with Gasteiger partial charge < -0.3 is 10.1 Å². The van der Waals surface area contributed by atoms with E-state index in [1.54, 1.807) is 36.4 Å². The van der Waals surface area contributed by atoms with Crippen molar-refractivity contribution in [1.82, 2.24) is 9.97 Å². The lowest BCUT2D eigenvalue weighted by atomic mass is 10.1. The summed E-state index contributed by atoms with van der Waals surface area (Å²) in [6.07, 6.45) is -4.69. The Morgan fingerprint density at radius 1 is 1.04 bits per heavy atom. The van der Waals surface area contributed by atoms with Gasteiger partial charge in [-0.05, 0) is 24.3 Å². The van der Waals surface area contributed by atoms with Crippen LogP contribution in [0.25, 0.3) is 10.9 Å². The number of hydrogen-bond donors (Lipinski definition) is 1. The van der Waals surface area contributed by atoms with Crippen LogP contribution in [0.2, 0.25) is 0 Å². The first-order chi connectivity index (χ1) is 11.9. The Morgan fingerprint density at radius 2 is 1.72 bits per heavy atom. The zero-order valence-electron chi connectivity index (χ0n) is 13.0. The minimum atomic E-state index is -4.69. The summed E-state index contributed by atoms with van der Waals surface area (Å²) in [5, 5.41) is 3.19. The van der Waals surface area contributed by atoms with Crippen molar-refractivity contribution in [1.29, 1.82) is 0 Å². The number of anilines is 2. The maximum absolute atomic E-state index is 13.1. The highest BCUT2D eigenvalue weighted by Crippen LogP contribution is 2.32. The summed E-state index contributed by atoms with van der Waals surface area (Å²) < 4.78 is 43.9. The average Bonchev–Trinajstić information content (AvgIpc) is 2.60. The number of aromatic nitrogens is 2. The predicted molar refractivity (Wildman–Crippen MR) is 85.6 cm³/mol. The van der Waals surface area contributed by atoms with E-state index in [4.69, 9.17) is 0 Å². The van der Waals surface area contributed by atoms with Gasteiger partial charge >= 0.3 is 12.1 Å².